The highest BCUT2D eigenvalue weighted by molar-refractivity contribution is 5.24. The molecular formula is C19H29N5. The first-order valence-electron chi connectivity index (χ1n) is 8.64. The van der Waals surface area contributed by atoms with E-state index in [4.69, 9.17) is 5.73 Å². The van der Waals surface area contributed by atoms with Crippen LogP contribution in [-0.2, 0) is 0 Å². The maximum absolute atomic E-state index is 6.58. The SMILES string of the molecule is C=C(N1CCCC1)N(C)C1=CN(C)C(c2ccccc2)N(C)C1N. The fourth-order valence-corrected chi connectivity index (χ4v) is 3.72. The predicted molar refractivity (Wildman–Crippen MR) is 98.5 cm³/mol. The number of nitrogens with zero attached hydrogens (tertiary/aromatic N) is 4. The minimum Gasteiger partial charge on any atom is -0.359 e. The maximum Gasteiger partial charge on any atom is 0.109 e. The lowest BCUT2D eigenvalue weighted by Gasteiger charge is -2.46. The average Bonchev–Trinajstić information content (AvgIpc) is 3.12. The maximum atomic E-state index is 6.58. The molecule has 3 rings (SSSR count). The highest BCUT2D eigenvalue weighted by Gasteiger charge is 2.34. The van der Waals surface area contributed by atoms with Gasteiger partial charge in [0, 0.05) is 33.4 Å². The van der Waals surface area contributed by atoms with Crippen molar-refractivity contribution in [3.63, 3.8) is 0 Å². The monoisotopic (exact) mass is 327 g/mol. The molecule has 1 aromatic carbocycles. The van der Waals surface area contributed by atoms with E-state index in [2.05, 4.69) is 77.8 Å². The summed E-state index contributed by atoms with van der Waals surface area (Å²) in [6, 6.07) is 10.5. The Hall–Kier alpha value is -1.98. The average molecular weight is 327 g/mol. The zero-order chi connectivity index (χ0) is 17.3. The summed E-state index contributed by atoms with van der Waals surface area (Å²) in [6.07, 6.45) is 4.61. The third kappa shape index (κ3) is 3.01. The van der Waals surface area contributed by atoms with Gasteiger partial charge in [0.05, 0.1) is 5.70 Å². The van der Waals surface area contributed by atoms with Crippen molar-refractivity contribution < 1.29 is 0 Å². The summed E-state index contributed by atoms with van der Waals surface area (Å²) in [6.45, 7) is 6.47. The van der Waals surface area contributed by atoms with E-state index >= 15 is 0 Å². The lowest BCUT2D eigenvalue weighted by molar-refractivity contribution is 0.0569. The van der Waals surface area contributed by atoms with Gasteiger partial charge >= 0.3 is 0 Å². The molecular weight excluding hydrogens is 298 g/mol. The third-order valence-electron chi connectivity index (χ3n) is 5.19. The van der Waals surface area contributed by atoms with Gasteiger partial charge in [-0.25, -0.2) is 0 Å². The zero-order valence-corrected chi connectivity index (χ0v) is 15.0. The summed E-state index contributed by atoms with van der Waals surface area (Å²) in [5.41, 5.74) is 8.90. The number of likely N-dealkylation sites (N-methyl/N-ethyl adjacent to an activating group) is 2. The molecule has 0 radical (unpaired) electrons. The second-order valence-electron chi connectivity index (χ2n) is 6.78. The molecule has 2 aliphatic heterocycles. The molecule has 0 spiro atoms. The van der Waals surface area contributed by atoms with Crippen molar-refractivity contribution in [1.82, 2.24) is 19.6 Å². The first-order chi connectivity index (χ1) is 11.5. The van der Waals surface area contributed by atoms with E-state index in [0.717, 1.165) is 24.6 Å². The van der Waals surface area contributed by atoms with Gasteiger partial charge in [-0.05, 0) is 25.5 Å². The van der Waals surface area contributed by atoms with Crippen LogP contribution in [0.5, 0.6) is 0 Å². The molecule has 0 aromatic heterocycles. The van der Waals surface area contributed by atoms with Crippen molar-refractivity contribution in [2.24, 2.45) is 5.73 Å². The number of likely N-dealkylation sites (tertiary alicyclic amines) is 1. The topological polar surface area (TPSA) is 39.0 Å². The van der Waals surface area contributed by atoms with Gasteiger partial charge < -0.3 is 20.4 Å². The Morgan fingerprint density at radius 2 is 1.79 bits per heavy atom. The molecule has 0 aliphatic carbocycles. The molecule has 0 bridgehead atoms. The van der Waals surface area contributed by atoms with Crippen LogP contribution in [-0.4, -0.2) is 60.0 Å². The van der Waals surface area contributed by atoms with E-state index in [1.807, 2.05) is 6.07 Å². The molecule has 0 amide bonds. The van der Waals surface area contributed by atoms with Gasteiger partial charge in [0.1, 0.15) is 18.2 Å². The van der Waals surface area contributed by atoms with Gasteiger partial charge in [0.15, 0.2) is 0 Å². The van der Waals surface area contributed by atoms with E-state index in [-0.39, 0.29) is 12.3 Å². The molecule has 24 heavy (non-hydrogen) atoms. The third-order valence-corrected chi connectivity index (χ3v) is 5.19. The molecule has 0 saturated carbocycles. The zero-order valence-electron chi connectivity index (χ0n) is 15.0. The lowest BCUT2D eigenvalue weighted by atomic mass is 10.1. The van der Waals surface area contributed by atoms with Crippen molar-refractivity contribution in [2.75, 3.05) is 34.2 Å². The molecule has 5 heteroatoms. The molecule has 2 atom stereocenters. The Labute approximate surface area is 145 Å². The summed E-state index contributed by atoms with van der Waals surface area (Å²) in [4.78, 5) is 8.92. The number of nitrogens with two attached hydrogens (primary N) is 1. The molecule has 2 heterocycles. The van der Waals surface area contributed by atoms with Gasteiger partial charge in [-0.2, -0.15) is 0 Å². The Bertz CT molecular complexity index is 605. The summed E-state index contributed by atoms with van der Waals surface area (Å²) < 4.78 is 0. The molecule has 130 valence electrons. The first kappa shape index (κ1) is 16.9. The fourth-order valence-electron chi connectivity index (χ4n) is 3.72. The quantitative estimate of drug-likeness (QED) is 0.918. The predicted octanol–water partition coefficient (Wildman–Crippen LogP) is 2.19. The number of hydrogen-bond acceptors (Lipinski definition) is 5. The van der Waals surface area contributed by atoms with E-state index in [0.29, 0.717) is 0 Å². The minimum absolute atomic E-state index is 0.137. The van der Waals surface area contributed by atoms with E-state index in [1.165, 1.54) is 18.4 Å². The summed E-state index contributed by atoms with van der Waals surface area (Å²) in [7, 11) is 6.25. The van der Waals surface area contributed by atoms with Crippen LogP contribution in [0.25, 0.3) is 0 Å². The Morgan fingerprint density at radius 3 is 2.42 bits per heavy atom. The van der Waals surface area contributed by atoms with Crippen LogP contribution >= 0.6 is 0 Å². The van der Waals surface area contributed by atoms with Gasteiger partial charge in [0.2, 0.25) is 0 Å². The van der Waals surface area contributed by atoms with E-state index < -0.39 is 0 Å². The molecule has 1 saturated heterocycles. The minimum atomic E-state index is -0.171. The van der Waals surface area contributed by atoms with E-state index in [1.54, 1.807) is 0 Å². The van der Waals surface area contributed by atoms with Crippen LogP contribution in [0, 0.1) is 0 Å². The van der Waals surface area contributed by atoms with Gasteiger partial charge in [-0.1, -0.05) is 36.9 Å². The fraction of sp³-hybridized carbons (Fsp3) is 0.474. The molecule has 5 nitrogen and oxygen atoms in total. The Morgan fingerprint density at radius 1 is 1.17 bits per heavy atom. The van der Waals surface area contributed by atoms with Crippen LogP contribution in [0.3, 0.4) is 0 Å². The van der Waals surface area contributed by atoms with Gasteiger partial charge in [0.25, 0.3) is 0 Å². The highest BCUT2D eigenvalue weighted by Crippen LogP contribution is 2.32. The van der Waals surface area contributed by atoms with Crippen molar-refractivity contribution in [1.29, 1.82) is 0 Å². The highest BCUT2D eigenvalue weighted by atomic mass is 15.4. The smallest absolute Gasteiger partial charge is 0.109 e. The first-order valence-corrected chi connectivity index (χ1v) is 8.64. The molecule has 1 aromatic rings. The van der Waals surface area contributed by atoms with Crippen molar-refractivity contribution in [3.8, 4) is 0 Å². The number of rotatable bonds is 4. The van der Waals surface area contributed by atoms with Crippen molar-refractivity contribution in [3.05, 3.63) is 60.2 Å². The van der Waals surface area contributed by atoms with Crippen LogP contribution in [0.15, 0.2) is 54.6 Å². The van der Waals surface area contributed by atoms with Crippen LogP contribution < -0.4 is 5.73 Å². The normalized spacial score (nSPS) is 24.9. The molecule has 1 fully saturated rings. The van der Waals surface area contributed by atoms with Crippen molar-refractivity contribution >= 4 is 0 Å². The summed E-state index contributed by atoms with van der Waals surface area (Å²) >= 11 is 0. The Kier molecular flexibility index (Phi) is 4.83. The second kappa shape index (κ2) is 6.87. The largest absolute Gasteiger partial charge is 0.359 e. The number of benzene rings is 1. The Balaban J connectivity index is 1.83. The van der Waals surface area contributed by atoms with Crippen LogP contribution in [0.2, 0.25) is 0 Å². The van der Waals surface area contributed by atoms with Crippen LogP contribution in [0.4, 0.5) is 0 Å². The molecule has 2 aliphatic rings. The summed E-state index contributed by atoms with van der Waals surface area (Å²) in [5.74, 6) is 1.04. The van der Waals surface area contributed by atoms with Gasteiger partial charge in [-0.15, -0.1) is 0 Å². The second-order valence-corrected chi connectivity index (χ2v) is 6.78. The van der Waals surface area contributed by atoms with E-state index in [9.17, 15) is 0 Å². The lowest BCUT2D eigenvalue weighted by Crippen LogP contribution is -2.54. The number of hydrogen-bond donors (Lipinski definition) is 1. The van der Waals surface area contributed by atoms with Crippen molar-refractivity contribution in [2.45, 2.75) is 25.2 Å². The standard InChI is InChI=1S/C19H29N5/c1-15(24-12-8-9-13-24)22(3)17-14-21(2)19(23(4)18(17)20)16-10-6-5-7-11-16/h5-7,10-11,14,18-19H,1,8-9,12-13,20H2,2-4H3. The summed E-state index contributed by atoms with van der Waals surface area (Å²) in [5, 5.41) is 0. The molecule has 2 unspecified atom stereocenters. The van der Waals surface area contributed by atoms with Gasteiger partial charge in [-0.3, -0.25) is 4.90 Å². The molecule has 2 N–H and O–H groups in total. The van der Waals surface area contributed by atoms with Crippen LogP contribution in [0.1, 0.15) is 24.6 Å².